The first-order valence-corrected chi connectivity index (χ1v) is 25.7. The lowest BCUT2D eigenvalue weighted by Crippen LogP contribution is -2.49. The fourth-order valence-corrected chi connectivity index (χ4v) is 10.6. The number of para-hydroxylation sites is 1. The van der Waals surface area contributed by atoms with Gasteiger partial charge in [0.25, 0.3) is 0 Å². The molecule has 26 nitrogen and oxygen atoms in total. The smallest absolute Gasteiger partial charge is 0.455 e. The van der Waals surface area contributed by atoms with Crippen LogP contribution in [0.15, 0.2) is 52.8 Å². The van der Waals surface area contributed by atoms with E-state index in [1.54, 1.807) is 45.9 Å². The maximum Gasteiger partial charge on any atom is 0.469 e. The number of aliphatic hydroxyl groups excluding tert-OH is 1. The topological polar surface area (TPSA) is 373 Å². The number of esters is 2. The van der Waals surface area contributed by atoms with Gasteiger partial charge in [-0.05, 0) is 45.4 Å². The molecule has 0 aliphatic carbocycles. The number of carbonyl (C=O) groups excluding carboxylic acids is 3. The zero-order chi connectivity index (χ0) is 49.0. The van der Waals surface area contributed by atoms with Gasteiger partial charge in [-0.1, -0.05) is 40.6 Å². The number of benzene rings is 1. The van der Waals surface area contributed by atoms with Gasteiger partial charge < -0.3 is 64.8 Å². The number of imidazole rings is 1. The van der Waals surface area contributed by atoms with Crippen molar-refractivity contribution in [2.75, 3.05) is 30.4 Å². The number of fused-ring (bicyclic) bond motifs is 1. The fraction of sp³-hybridized carbons (Fsp3) is 0.514. The lowest BCUT2D eigenvalue weighted by atomic mass is 10.1. The molecular weight excluding hydrogens is 969 g/mol. The van der Waals surface area contributed by atoms with E-state index in [9.17, 15) is 48.1 Å². The van der Waals surface area contributed by atoms with Crippen LogP contribution in [0.2, 0.25) is 0 Å². The van der Waals surface area contributed by atoms with Gasteiger partial charge in [0.05, 0.1) is 42.6 Å². The first-order chi connectivity index (χ1) is 31.4. The first-order valence-electron chi connectivity index (χ1n) is 20.2. The Bertz CT molecular complexity index is 2610. The Kier molecular flexibility index (Phi) is 16.4. The number of nitrogens with zero attached hydrogens (tertiary/aromatic N) is 6. The highest BCUT2D eigenvalue weighted by Crippen LogP contribution is 2.56. The van der Waals surface area contributed by atoms with Crippen molar-refractivity contribution in [1.29, 1.82) is 0 Å². The van der Waals surface area contributed by atoms with Crippen molar-refractivity contribution in [3.8, 4) is 5.75 Å². The minimum atomic E-state index is -5.16. The van der Waals surface area contributed by atoms with Crippen LogP contribution in [0.4, 0.5) is 16.4 Å². The molecule has 9 atom stereocenters. The third-order valence-electron chi connectivity index (χ3n) is 9.84. The van der Waals surface area contributed by atoms with Gasteiger partial charge in [0.15, 0.2) is 23.8 Å². The molecule has 30 heteroatoms. The molecule has 1 aromatic carbocycles. The molecular formula is C37H49N9O17P2S2. The molecule has 2 aliphatic heterocycles. The zero-order valence-electron chi connectivity index (χ0n) is 36.3. The van der Waals surface area contributed by atoms with Crippen LogP contribution < -0.4 is 27.2 Å². The van der Waals surface area contributed by atoms with Crippen LogP contribution in [-0.4, -0.2) is 128 Å². The van der Waals surface area contributed by atoms with Gasteiger partial charge in [0.2, 0.25) is 0 Å². The highest BCUT2D eigenvalue weighted by molar-refractivity contribution is 8.76. The number of amides is 1. The SMILES string of the molecule is CCSSc1cccc(C)c1OC(=O)C[C@H](NC(=O)OC(C)(C)C)C(=O)O[C@H]1[C@@H](O)[C@H](n2cnc3c(N)ncnc32)O[C@@H]1COP(=O)(O)[C@H]1C[C@H](n2ccc(N)nc2=O)OC1COP(=O)(O)O. The molecule has 0 saturated carbocycles. The van der Waals surface area contributed by atoms with Crippen molar-refractivity contribution >= 4 is 77.8 Å². The Balaban J connectivity index is 1.29. The second-order valence-corrected chi connectivity index (χ2v) is 21.8. The second kappa shape index (κ2) is 21.3. The molecule has 4 aromatic rings. The lowest BCUT2D eigenvalue weighted by molar-refractivity contribution is -0.161. The Labute approximate surface area is 388 Å². The van der Waals surface area contributed by atoms with Crippen LogP contribution in [0.1, 0.15) is 58.6 Å². The number of ether oxygens (including phenoxy) is 5. The predicted molar refractivity (Wildman–Crippen MR) is 237 cm³/mol. The summed E-state index contributed by atoms with van der Waals surface area (Å²) < 4.78 is 67.0. The van der Waals surface area contributed by atoms with Crippen molar-refractivity contribution in [2.24, 2.45) is 0 Å². The van der Waals surface area contributed by atoms with E-state index in [1.165, 1.54) is 44.7 Å². The van der Waals surface area contributed by atoms with Gasteiger partial charge in [-0.2, -0.15) is 4.98 Å². The molecule has 67 heavy (non-hydrogen) atoms. The molecule has 1 amide bonds. The first kappa shape index (κ1) is 51.7. The molecule has 2 saturated heterocycles. The zero-order valence-corrected chi connectivity index (χ0v) is 39.8. The molecule has 2 fully saturated rings. The van der Waals surface area contributed by atoms with E-state index in [0.717, 1.165) is 16.6 Å². The maximum absolute atomic E-state index is 14.2. The Hall–Kier alpha value is -4.70. The normalized spacial score (nSPS) is 23.4. The molecule has 2 aliphatic rings. The highest BCUT2D eigenvalue weighted by atomic mass is 33.1. The number of phosphoric ester groups is 1. The summed E-state index contributed by atoms with van der Waals surface area (Å²) in [5, 5.41) is 14.2. The maximum atomic E-state index is 14.2. The number of alkyl carbamates (subject to hydrolysis) is 1. The number of hydrogen-bond donors (Lipinski definition) is 7. The van der Waals surface area contributed by atoms with Gasteiger partial charge >= 0.3 is 39.1 Å². The van der Waals surface area contributed by atoms with Gasteiger partial charge in [0.1, 0.15) is 53.5 Å². The van der Waals surface area contributed by atoms with Gasteiger partial charge in [0, 0.05) is 18.4 Å². The van der Waals surface area contributed by atoms with Crippen LogP contribution in [0.25, 0.3) is 11.2 Å². The van der Waals surface area contributed by atoms with E-state index in [1.807, 2.05) is 6.92 Å². The summed E-state index contributed by atoms with van der Waals surface area (Å²) in [5.41, 5.74) is 8.75. The van der Waals surface area contributed by atoms with Crippen LogP contribution in [0, 0.1) is 6.92 Å². The highest BCUT2D eigenvalue weighted by Gasteiger charge is 2.52. The second-order valence-electron chi connectivity index (χ2n) is 15.9. The minimum Gasteiger partial charge on any atom is -0.455 e. The molecule has 2 unspecified atom stereocenters. The van der Waals surface area contributed by atoms with E-state index >= 15 is 0 Å². The number of hydrogen-bond acceptors (Lipinski definition) is 22. The van der Waals surface area contributed by atoms with Gasteiger partial charge in [-0.3, -0.25) is 23.0 Å². The Morgan fingerprint density at radius 2 is 1.76 bits per heavy atom. The fourth-order valence-electron chi connectivity index (χ4n) is 6.88. The number of carbonyl (C=O) groups is 3. The number of nitrogens with two attached hydrogens (primary N) is 2. The van der Waals surface area contributed by atoms with Crippen molar-refractivity contribution in [3.63, 3.8) is 0 Å². The monoisotopic (exact) mass is 1020 g/mol. The standard InChI is InChI=1S/C37H49N9O17P2S2/c1-6-66-67-23-9-7-8-18(2)29(23)61-26(47)12-19(43-36(51)63-37(3,4)5)34(49)62-30-21(60-33(28(30)48)46-17-42-27-31(39)40-16-41-32(27)46)15-57-64(52,53)22-13-25(45-11-10-24(38)44-35(45)50)59-20(22)14-58-65(54,55)56/h7-11,16-17,19-22,25,28,30,33,48H,6,12-15H2,1-5H3,(H,43,51)(H,52,53)(H2,38,44,50)(H2,39,40,41)(H2,54,55,56)/t19-,20?,21+,22-,25+,28+,30+,33+/m0/s1. The van der Waals surface area contributed by atoms with E-state index in [0.29, 0.717) is 10.5 Å². The largest absolute Gasteiger partial charge is 0.469 e. The Morgan fingerprint density at radius 1 is 1.03 bits per heavy atom. The predicted octanol–water partition coefficient (Wildman–Crippen LogP) is 2.34. The van der Waals surface area contributed by atoms with Crippen LogP contribution >= 0.6 is 37.0 Å². The number of anilines is 2. The molecule has 0 bridgehead atoms. The van der Waals surface area contributed by atoms with Crippen molar-refractivity contribution in [1.82, 2.24) is 34.4 Å². The van der Waals surface area contributed by atoms with Crippen LogP contribution in [-0.2, 0) is 46.7 Å². The summed E-state index contributed by atoms with van der Waals surface area (Å²) in [6.07, 6.45) is -8.59. The summed E-state index contributed by atoms with van der Waals surface area (Å²) in [4.78, 5) is 100. The summed E-state index contributed by atoms with van der Waals surface area (Å²) in [6.45, 7) is 6.49. The number of aromatic nitrogens is 6. The molecule has 3 aromatic heterocycles. The average Bonchev–Trinajstić information content (AvgIpc) is 3.95. The molecule has 6 rings (SSSR count). The number of aliphatic hydroxyl groups is 1. The van der Waals surface area contributed by atoms with Gasteiger partial charge in [-0.25, -0.2) is 33.9 Å². The number of rotatable bonds is 18. The van der Waals surface area contributed by atoms with Crippen molar-refractivity contribution in [3.05, 3.63) is 59.2 Å². The number of aryl methyl sites for hydroxylation is 1. The van der Waals surface area contributed by atoms with Gasteiger partial charge in [-0.15, -0.1) is 0 Å². The van der Waals surface area contributed by atoms with E-state index < -0.39 is 119 Å². The molecule has 5 heterocycles. The average molecular weight is 1020 g/mol. The molecule has 0 spiro atoms. The van der Waals surface area contributed by atoms with E-state index in [-0.39, 0.29) is 28.5 Å². The summed E-state index contributed by atoms with van der Waals surface area (Å²) in [5.74, 6) is -1.47. The van der Waals surface area contributed by atoms with Crippen LogP contribution in [0.3, 0.4) is 0 Å². The lowest BCUT2D eigenvalue weighted by Gasteiger charge is -2.27. The third-order valence-corrected chi connectivity index (χ3v) is 14.7. The van der Waals surface area contributed by atoms with Crippen LogP contribution in [0.5, 0.6) is 5.75 Å². The summed E-state index contributed by atoms with van der Waals surface area (Å²) in [7, 11) is -7.35. The van der Waals surface area contributed by atoms with E-state index in [2.05, 4.69) is 29.8 Å². The summed E-state index contributed by atoms with van der Waals surface area (Å²) in [6, 6.07) is 4.68. The Morgan fingerprint density at radius 3 is 2.45 bits per heavy atom. The van der Waals surface area contributed by atoms with Crippen molar-refractivity contribution in [2.45, 2.75) is 107 Å². The number of nitrogens with one attached hydrogen (secondary N) is 1. The number of phosphoric acid groups is 1. The molecule has 9 N–H and O–H groups in total. The van der Waals surface area contributed by atoms with E-state index in [4.69, 9.17) is 39.7 Å². The summed E-state index contributed by atoms with van der Waals surface area (Å²) >= 11 is 0. The quantitative estimate of drug-likeness (QED) is 0.0325. The van der Waals surface area contributed by atoms with Crippen molar-refractivity contribution < 1.29 is 76.0 Å². The minimum absolute atomic E-state index is 0.0322. The molecule has 0 radical (unpaired) electrons. The number of nitrogen functional groups attached to an aromatic ring is 2. The molecule has 366 valence electrons. The third kappa shape index (κ3) is 13.1.